The van der Waals surface area contributed by atoms with Gasteiger partial charge >= 0.3 is 0 Å². The van der Waals surface area contributed by atoms with E-state index in [0.29, 0.717) is 18.0 Å². The summed E-state index contributed by atoms with van der Waals surface area (Å²) in [4.78, 5) is 0. The van der Waals surface area contributed by atoms with E-state index in [1.807, 2.05) is 49.4 Å². The standard InChI is InChI=1S/C15H16BrNO2/c1-11-7-13(16)8-14(17)15(11)19-10-18-9-12-5-3-2-4-6-12/h2-8H,9-10,17H2,1H3. The number of ether oxygens (including phenoxy) is 2. The van der Waals surface area contributed by atoms with E-state index in [1.54, 1.807) is 0 Å². The molecular weight excluding hydrogens is 306 g/mol. The van der Waals surface area contributed by atoms with Gasteiger partial charge in [-0.05, 0) is 30.2 Å². The number of nitrogen functional groups attached to an aromatic ring is 1. The molecule has 0 aromatic heterocycles. The predicted octanol–water partition coefficient (Wildman–Crippen LogP) is 3.89. The molecule has 0 fully saturated rings. The Bertz CT molecular complexity index is 520. The summed E-state index contributed by atoms with van der Waals surface area (Å²) in [5, 5.41) is 0. The maximum Gasteiger partial charge on any atom is 0.189 e. The second-order valence-corrected chi connectivity index (χ2v) is 5.15. The third kappa shape index (κ3) is 3.98. The van der Waals surface area contributed by atoms with Crippen molar-refractivity contribution in [2.45, 2.75) is 13.5 Å². The first-order valence-electron chi connectivity index (χ1n) is 5.97. The summed E-state index contributed by atoms with van der Waals surface area (Å²) >= 11 is 3.39. The quantitative estimate of drug-likeness (QED) is 0.516. The smallest absolute Gasteiger partial charge is 0.189 e. The minimum Gasteiger partial charge on any atom is -0.465 e. The zero-order chi connectivity index (χ0) is 13.7. The lowest BCUT2D eigenvalue weighted by Gasteiger charge is -2.12. The molecular formula is C15H16BrNO2. The maximum atomic E-state index is 5.91. The highest BCUT2D eigenvalue weighted by Gasteiger charge is 2.06. The van der Waals surface area contributed by atoms with Crippen molar-refractivity contribution in [3.63, 3.8) is 0 Å². The number of rotatable bonds is 5. The Morgan fingerprint density at radius 3 is 2.58 bits per heavy atom. The van der Waals surface area contributed by atoms with Gasteiger partial charge in [0.1, 0.15) is 5.75 Å². The molecule has 2 aromatic carbocycles. The van der Waals surface area contributed by atoms with Crippen LogP contribution in [0.15, 0.2) is 46.9 Å². The molecule has 0 spiro atoms. The van der Waals surface area contributed by atoms with Crippen LogP contribution in [-0.2, 0) is 11.3 Å². The number of halogens is 1. The monoisotopic (exact) mass is 321 g/mol. The maximum absolute atomic E-state index is 5.91. The highest BCUT2D eigenvalue weighted by atomic mass is 79.9. The van der Waals surface area contributed by atoms with Crippen LogP contribution in [0.5, 0.6) is 5.75 Å². The second kappa shape index (κ2) is 6.59. The SMILES string of the molecule is Cc1cc(Br)cc(N)c1OCOCc1ccccc1. The molecule has 0 unspecified atom stereocenters. The van der Waals surface area contributed by atoms with Gasteiger partial charge in [-0.2, -0.15) is 0 Å². The lowest BCUT2D eigenvalue weighted by atomic mass is 10.2. The second-order valence-electron chi connectivity index (χ2n) is 4.24. The molecule has 0 aliphatic rings. The summed E-state index contributed by atoms with van der Waals surface area (Å²) in [5.41, 5.74) is 8.61. The third-order valence-electron chi connectivity index (χ3n) is 2.67. The molecule has 0 heterocycles. The van der Waals surface area contributed by atoms with Crippen molar-refractivity contribution in [1.29, 1.82) is 0 Å². The molecule has 3 nitrogen and oxygen atoms in total. The van der Waals surface area contributed by atoms with Crippen molar-refractivity contribution < 1.29 is 9.47 Å². The van der Waals surface area contributed by atoms with E-state index >= 15 is 0 Å². The average molecular weight is 322 g/mol. The van der Waals surface area contributed by atoms with Crippen LogP contribution < -0.4 is 10.5 Å². The molecule has 0 saturated heterocycles. The zero-order valence-corrected chi connectivity index (χ0v) is 12.3. The van der Waals surface area contributed by atoms with Crippen LogP contribution in [0.1, 0.15) is 11.1 Å². The van der Waals surface area contributed by atoms with Crippen LogP contribution in [0.2, 0.25) is 0 Å². The summed E-state index contributed by atoms with van der Waals surface area (Å²) in [7, 11) is 0. The number of anilines is 1. The Morgan fingerprint density at radius 1 is 1.16 bits per heavy atom. The first-order valence-corrected chi connectivity index (χ1v) is 6.76. The number of hydrogen-bond donors (Lipinski definition) is 1. The highest BCUT2D eigenvalue weighted by molar-refractivity contribution is 9.10. The van der Waals surface area contributed by atoms with Crippen LogP contribution in [-0.4, -0.2) is 6.79 Å². The van der Waals surface area contributed by atoms with Crippen LogP contribution in [0.4, 0.5) is 5.69 Å². The van der Waals surface area contributed by atoms with Gasteiger partial charge in [0.2, 0.25) is 0 Å². The zero-order valence-electron chi connectivity index (χ0n) is 10.7. The van der Waals surface area contributed by atoms with E-state index in [0.717, 1.165) is 15.6 Å². The molecule has 0 radical (unpaired) electrons. The fourth-order valence-electron chi connectivity index (χ4n) is 1.79. The first kappa shape index (κ1) is 13.9. The molecule has 2 rings (SSSR count). The fraction of sp³-hybridized carbons (Fsp3) is 0.200. The number of nitrogens with two attached hydrogens (primary N) is 1. The fourth-order valence-corrected chi connectivity index (χ4v) is 2.38. The summed E-state index contributed by atoms with van der Waals surface area (Å²) in [6, 6.07) is 13.7. The Hall–Kier alpha value is -1.52. The molecule has 100 valence electrons. The van der Waals surface area contributed by atoms with Crippen LogP contribution in [0, 0.1) is 6.92 Å². The van der Waals surface area contributed by atoms with E-state index in [4.69, 9.17) is 15.2 Å². The van der Waals surface area contributed by atoms with Crippen molar-refractivity contribution >= 4 is 21.6 Å². The predicted molar refractivity (Wildman–Crippen MR) is 80.0 cm³/mol. The Balaban J connectivity index is 1.86. The molecule has 0 atom stereocenters. The van der Waals surface area contributed by atoms with Gasteiger partial charge in [0.15, 0.2) is 6.79 Å². The van der Waals surface area contributed by atoms with E-state index < -0.39 is 0 Å². The molecule has 0 amide bonds. The van der Waals surface area contributed by atoms with E-state index in [-0.39, 0.29) is 6.79 Å². The molecule has 0 saturated carbocycles. The normalized spacial score (nSPS) is 10.4. The van der Waals surface area contributed by atoms with Gasteiger partial charge in [-0.25, -0.2) is 0 Å². The average Bonchev–Trinajstić information content (AvgIpc) is 2.38. The van der Waals surface area contributed by atoms with Gasteiger partial charge in [-0.3, -0.25) is 0 Å². The third-order valence-corrected chi connectivity index (χ3v) is 3.12. The molecule has 19 heavy (non-hydrogen) atoms. The van der Waals surface area contributed by atoms with Crippen LogP contribution >= 0.6 is 15.9 Å². The molecule has 0 aliphatic heterocycles. The number of hydrogen-bond acceptors (Lipinski definition) is 3. The van der Waals surface area contributed by atoms with Gasteiger partial charge in [-0.15, -0.1) is 0 Å². The van der Waals surface area contributed by atoms with Crippen molar-refractivity contribution in [3.8, 4) is 5.75 Å². The van der Waals surface area contributed by atoms with E-state index in [9.17, 15) is 0 Å². The molecule has 0 aliphatic carbocycles. The Kier molecular flexibility index (Phi) is 4.82. The minimum atomic E-state index is 0.182. The van der Waals surface area contributed by atoms with Crippen molar-refractivity contribution in [1.82, 2.24) is 0 Å². The van der Waals surface area contributed by atoms with Crippen molar-refractivity contribution in [2.75, 3.05) is 12.5 Å². The largest absolute Gasteiger partial charge is 0.465 e. The lowest BCUT2D eigenvalue weighted by Crippen LogP contribution is -2.06. The van der Waals surface area contributed by atoms with Gasteiger partial charge in [0.25, 0.3) is 0 Å². The molecule has 2 N–H and O–H groups in total. The summed E-state index contributed by atoms with van der Waals surface area (Å²) < 4.78 is 12.0. The molecule has 2 aromatic rings. The van der Waals surface area contributed by atoms with Crippen molar-refractivity contribution in [2.24, 2.45) is 0 Å². The van der Waals surface area contributed by atoms with Gasteiger partial charge in [0, 0.05) is 4.47 Å². The summed E-state index contributed by atoms with van der Waals surface area (Å²) in [5.74, 6) is 0.677. The Labute approximate surface area is 121 Å². The van der Waals surface area contributed by atoms with Crippen molar-refractivity contribution in [3.05, 3.63) is 58.1 Å². The summed E-state index contributed by atoms with van der Waals surface area (Å²) in [6.07, 6.45) is 0. The summed E-state index contributed by atoms with van der Waals surface area (Å²) in [6.45, 7) is 2.66. The molecule has 0 bridgehead atoms. The highest BCUT2D eigenvalue weighted by Crippen LogP contribution is 2.29. The molecule has 4 heteroatoms. The number of benzene rings is 2. The van der Waals surface area contributed by atoms with E-state index in [2.05, 4.69) is 15.9 Å². The van der Waals surface area contributed by atoms with Gasteiger partial charge < -0.3 is 15.2 Å². The minimum absolute atomic E-state index is 0.182. The van der Waals surface area contributed by atoms with Gasteiger partial charge in [-0.1, -0.05) is 46.3 Å². The topological polar surface area (TPSA) is 44.5 Å². The Morgan fingerprint density at radius 2 is 1.89 bits per heavy atom. The lowest BCUT2D eigenvalue weighted by molar-refractivity contribution is 0.00509. The van der Waals surface area contributed by atoms with Crippen LogP contribution in [0.25, 0.3) is 0 Å². The van der Waals surface area contributed by atoms with Gasteiger partial charge in [0.05, 0.1) is 12.3 Å². The van der Waals surface area contributed by atoms with Crippen LogP contribution in [0.3, 0.4) is 0 Å². The number of aryl methyl sites for hydroxylation is 1. The first-order chi connectivity index (χ1) is 9.16. The van der Waals surface area contributed by atoms with E-state index in [1.165, 1.54) is 0 Å².